The Morgan fingerprint density at radius 2 is 0.738 bits per heavy atom. The van der Waals surface area contributed by atoms with Crippen molar-refractivity contribution in [2.45, 2.75) is 156 Å². The molecule has 8 bridgehead atoms. The number of nitrogens with zero attached hydrogens (tertiary/aromatic N) is 2. The molecule has 1 aliphatic heterocycles. The van der Waals surface area contributed by atoms with Gasteiger partial charge in [-0.3, -0.25) is 0 Å². The van der Waals surface area contributed by atoms with Gasteiger partial charge in [0.05, 0.1) is 11.4 Å². The predicted octanol–water partition coefficient (Wildman–Crippen LogP) is 15.7. The van der Waals surface area contributed by atoms with Gasteiger partial charge in [-0.25, -0.2) is 4.98 Å². The summed E-state index contributed by atoms with van der Waals surface area (Å²) in [7, 11) is 0. The summed E-state index contributed by atoms with van der Waals surface area (Å²) in [6.45, 7) is 21.7. The maximum Gasteiger partial charge on any atom is 0.127 e. The first-order valence-corrected chi connectivity index (χ1v) is 25.4. The summed E-state index contributed by atoms with van der Waals surface area (Å²) in [5.74, 6) is 0.924. The van der Waals surface area contributed by atoms with Crippen molar-refractivity contribution in [2.75, 3.05) is 18.0 Å². The van der Waals surface area contributed by atoms with Crippen molar-refractivity contribution in [3.8, 4) is 56.3 Å². The van der Waals surface area contributed by atoms with Crippen LogP contribution in [0.5, 0.6) is 11.5 Å². The van der Waals surface area contributed by atoms with E-state index in [4.69, 9.17) is 4.98 Å². The molecule has 0 amide bonds. The Hall–Kier alpha value is -4.57. The van der Waals surface area contributed by atoms with Crippen molar-refractivity contribution in [1.29, 1.82) is 0 Å². The van der Waals surface area contributed by atoms with E-state index in [0.717, 1.165) is 96.4 Å². The zero-order chi connectivity index (χ0) is 45.2. The summed E-state index contributed by atoms with van der Waals surface area (Å²) in [5.41, 5.74) is 15.5. The molecule has 0 atom stereocenters. The average molecular weight is 865 g/mol. The van der Waals surface area contributed by atoms with E-state index in [1.165, 1.54) is 79.3 Å². The van der Waals surface area contributed by atoms with Crippen LogP contribution in [0.1, 0.15) is 154 Å². The molecule has 2 heterocycles. The Morgan fingerprint density at radius 3 is 1.08 bits per heavy atom. The number of hydrogen-bond acceptors (Lipinski definition) is 4. The van der Waals surface area contributed by atoms with Gasteiger partial charge in [0.15, 0.2) is 0 Å². The number of hydrogen-bond donors (Lipinski definition) is 2. The number of aromatic hydroxyl groups is 2. The lowest BCUT2D eigenvalue weighted by Gasteiger charge is -2.69. The summed E-state index contributed by atoms with van der Waals surface area (Å²) in [6.07, 6.45) is 17.1. The summed E-state index contributed by atoms with van der Waals surface area (Å²) < 4.78 is 0. The van der Waals surface area contributed by atoms with Gasteiger partial charge in [0, 0.05) is 63.0 Å². The maximum atomic E-state index is 12.8. The van der Waals surface area contributed by atoms with Crippen molar-refractivity contribution in [3.63, 3.8) is 0 Å². The molecule has 4 aromatic carbocycles. The average Bonchev–Trinajstić information content (AvgIpc) is 3.74. The SMILES string of the molecule is Cc1cc(-c2ccccc2-c2cc(N3CCCC3)cc(-c3ccccc3-c3cc(C)cc(C45CC6(C)CC(C)(CC(C)(C6)C4)C5)c3O)n2)c(O)c(C23CC4(C)CC(C)(CC(C)(C4)C2)C3)c1. The number of phenolic OH excluding ortho intramolecular Hbond substituents is 2. The Kier molecular flexibility index (Phi) is 8.71. The van der Waals surface area contributed by atoms with Crippen LogP contribution in [0, 0.1) is 46.3 Å². The van der Waals surface area contributed by atoms with Gasteiger partial charge < -0.3 is 15.1 Å². The minimum Gasteiger partial charge on any atom is -0.507 e. The monoisotopic (exact) mass is 865 g/mol. The Morgan fingerprint density at radius 1 is 0.415 bits per heavy atom. The molecular formula is C61H72N2O2. The van der Waals surface area contributed by atoms with Crippen LogP contribution in [0.4, 0.5) is 5.69 Å². The highest BCUT2D eigenvalue weighted by Crippen LogP contribution is 2.76. The first-order valence-electron chi connectivity index (χ1n) is 25.4. The topological polar surface area (TPSA) is 56.6 Å². The van der Waals surface area contributed by atoms with Crippen molar-refractivity contribution in [1.82, 2.24) is 4.98 Å². The molecule has 0 spiro atoms. The van der Waals surface area contributed by atoms with Crippen LogP contribution in [0.25, 0.3) is 44.8 Å². The first kappa shape index (κ1) is 41.8. The number of pyridine rings is 1. The zero-order valence-corrected chi connectivity index (χ0v) is 40.7. The second kappa shape index (κ2) is 13.5. The lowest BCUT2D eigenvalue weighted by atomic mass is 9.35. The summed E-state index contributed by atoms with van der Waals surface area (Å²) >= 11 is 0. The quantitative estimate of drug-likeness (QED) is 0.171. The number of aromatic nitrogens is 1. The number of benzene rings is 4. The molecule has 2 N–H and O–H groups in total. The van der Waals surface area contributed by atoms with E-state index in [2.05, 4.69) is 145 Å². The standard InChI is InChI=1S/C61H72N2O2/c1-39-21-46(52(64)48(23-39)60-33-54(3)27-55(4,34-60)29-56(5,28-54)35-60)42-15-9-11-17-44(42)50-25-41(63-19-13-14-20-63)26-51(62-50)45-18-12-10-16-43(45)47-22-40(2)24-49(53(47)65)61-36-57(6)30-58(7,37-61)32-59(8,31-57)38-61/h9-12,15-18,21-26,64-65H,13-14,19-20,27-38H2,1-8H3. The Balaban J connectivity index is 0.993. The lowest BCUT2D eigenvalue weighted by molar-refractivity contribution is -0.153. The van der Waals surface area contributed by atoms with Gasteiger partial charge >= 0.3 is 0 Å². The predicted molar refractivity (Wildman–Crippen MR) is 268 cm³/mol. The van der Waals surface area contributed by atoms with Gasteiger partial charge in [0.2, 0.25) is 0 Å². The summed E-state index contributed by atoms with van der Waals surface area (Å²) in [6, 6.07) is 31.0. The molecule has 14 rings (SSSR count). The zero-order valence-electron chi connectivity index (χ0n) is 40.7. The fourth-order valence-corrected chi connectivity index (χ4v) is 19.8. The molecule has 5 aromatic rings. The normalized spacial score (nSPS) is 36.5. The van der Waals surface area contributed by atoms with E-state index in [9.17, 15) is 10.2 Å². The molecular weight excluding hydrogens is 793 g/mol. The lowest BCUT2D eigenvalue weighted by Crippen LogP contribution is -2.60. The third kappa shape index (κ3) is 6.59. The smallest absolute Gasteiger partial charge is 0.127 e. The Labute approximate surface area is 389 Å². The fourth-order valence-electron chi connectivity index (χ4n) is 19.8. The fraction of sp³-hybridized carbons (Fsp3) is 0.525. The van der Waals surface area contributed by atoms with Crippen molar-refractivity contribution < 1.29 is 10.2 Å². The summed E-state index contributed by atoms with van der Waals surface area (Å²) in [5, 5.41) is 25.6. The molecule has 8 aliphatic carbocycles. The second-order valence-corrected chi connectivity index (χ2v) is 26.3. The molecule has 65 heavy (non-hydrogen) atoms. The van der Waals surface area contributed by atoms with E-state index in [0.29, 0.717) is 44.0 Å². The first-order chi connectivity index (χ1) is 30.7. The highest BCUT2D eigenvalue weighted by molar-refractivity contribution is 5.90. The molecule has 8 saturated carbocycles. The molecule has 1 aromatic heterocycles. The second-order valence-electron chi connectivity index (χ2n) is 26.3. The van der Waals surface area contributed by atoms with Gasteiger partial charge in [-0.05, 0) is 183 Å². The molecule has 4 heteroatoms. The van der Waals surface area contributed by atoms with Gasteiger partial charge in [0.25, 0.3) is 0 Å². The number of anilines is 1. The van der Waals surface area contributed by atoms with Gasteiger partial charge in [-0.2, -0.15) is 0 Å². The molecule has 4 nitrogen and oxygen atoms in total. The van der Waals surface area contributed by atoms with Crippen LogP contribution >= 0.6 is 0 Å². The van der Waals surface area contributed by atoms with E-state index in [-0.39, 0.29) is 10.8 Å². The molecule has 0 unspecified atom stereocenters. The number of phenols is 2. The summed E-state index contributed by atoms with van der Waals surface area (Å²) in [4.78, 5) is 8.16. The van der Waals surface area contributed by atoms with Gasteiger partial charge in [0.1, 0.15) is 11.5 Å². The van der Waals surface area contributed by atoms with Crippen molar-refractivity contribution in [2.24, 2.45) is 32.5 Å². The number of aryl methyl sites for hydroxylation is 2. The van der Waals surface area contributed by atoms with E-state index in [1.54, 1.807) is 0 Å². The molecule has 9 fully saturated rings. The van der Waals surface area contributed by atoms with E-state index < -0.39 is 0 Å². The highest BCUT2D eigenvalue weighted by Gasteiger charge is 2.66. The molecule has 0 radical (unpaired) electrons. The van der Waals surface area contributed by atoms with Crippen LogP contribution < -0.4 is 4.90 Å². The van der Waals surface area contributed by atoms with Crippen molar-refractivity contribution >= 4 is 5.69 Å². The van der Waals surface area contributed by atoms with E-state index >= 15 is 0 Å². The minimum atomic E-state index is -0.0254. The third-order valence-corrected chi connectivity index (χ3v) is 18.6. The highest BCUT2D eigenvalue weighted by atomic mass is 16.3. The van der Waals surface area contributed by atoms with Crippen LogP contribution in [0.3, 0.4) is 0 Å². The molecule has 1 saturated heterocycles. The van der Waals surface area contributed by atoms with E-state index in [1.807, 2.05) is 0 Å². The maximum absolute atomic E-state index is 12.8. The molecule has 338 valence electrons. The largest absolute Gasteiger partial charge is 0.507 e. The van der Waals surface area contributed by atoms with Crippen LogP contribution in [0.2, 0.25) is 0 Å². The van der Waals surface area contributed by atoms with Gasteiger partial charge in [-0.15, -0.1) is 0 Å². The van der Waals surface area contributed by atoms with Crippen LogP contribution in [-0.2, 0) is 10.8 Å². The Bertz CT molecular complexity index is 2520. The number of rotatable bonds is 7. The molecule has 9 aliphatic rings. The van der Waals surface area contributed by atoms with Gasteiger partial charge in [-0.1, -0.05) is 102 Å². The van der Waals surface area contributed by atoms with Crippen molar-refractivity contribution in [3.05, 3.63) is 107 Å². The third-order valence-electron chi connectivity index (χ3n) is 18.6. The van der Waals surface area contributed by atoms with Crippen LogP contribution in [0.15, 0.2) is 84.9 Å². The van der Waals surface area contributed by atoms with Crippen LogP contribution in [-0.4, -0.2) is 28.3 Å². The minimum absolute atomic E-state index is 0.0254.